The second-order valence-electron chi connectivity index (χ2n) is 5.52. The van der Waals surface area contributed by atoms with Gasteiger partial charge in [0, 0.05) is 23.3 Å². The van der Waals surface area contributed by atoms with Crippen molar-refractivity contribution in [3.8, 4) is 11.5 Å². The van der Waals surface area contributed by atoms with E-state index in [1.807, 2.05) is 6.92 Å². The SMILES string of the molecule is CCN1C(=O)COc2cc(NC(=O)COc3ccc(Cl)cc3Cl)ccc21. The zero-order chi connectivity index (χ0) is 18.7. The van der Waals surface area contributed by atoms with Crippen LogP contribution in [-0.4, -0.2) is 31.6 Å². The summed E-state index contributed by atoms with van der Waals surface area (Å²) < 4.78 is 10.8. The molecule has 1 aliphatic rings. The lowest BCUT2D eigenvalue weighted by atomic mass is 10.2. The highest BCUT2D eigenvalue weighted by Gasteiger charge is 2.24. The average Bonchev–Trinajstić information content (AvgIpc) is 2.61. The Morgan fingerprint density at radius 2 is 2.08 bits per heavy atom. The van der Waals surface area contributed by atoms with Crippen molar-refractivity contribution in [1.82, 2.24) is 0 Å². The van der Waals surface area contributed by atoms with Gasteiger partial charge in [0.05, 0.1) is 10.7 Å². The summed E-state index contributed by atoms with van der Waals surface area (Å²) >= 11 is 11.8. The molecule has 2 aromatic rings. The third kappa shape index (κ3) is 4.03. The maximum Gasteiger partial charge on any atom is 0.265 e. The Morgan fingerprint density at radius 3 is 2.81 bits per heavy atom. The summed E-state index contributed by atoms with van der Waals surface area (Å²) in [6.45, 7) is 2.22. The van der Waals surface area contributed by atoms with Crippen LogP contribution in [0, 0.1) is 0 Å². The van der Waals surface area contributed by atoms with Crippen molar-refractivity contribution in [1.29, 1.82) is 0 Å². The lowest BCUT2D eigenvalue weighted by Crippen LogP contribution is -2.38. The summed E-state index contributed by atoms with van der Waals surface area (Å²) in [5.41, 5.74) is 1.23. The zero-order valence-corrected chi connectivity index (χ0v) is 15.4. The molecular weight excluding hydrogens is 379 g/mol. The van der Waals surface area contributed by atoms with Crippen molar-refractivity contribution < 1.29 is 19.1 Å². The number of anilines is 2. The lowest BCUT2D eigenvalue weighted by Gasteiger charge is -2.28. The lowest BCUT2D eigenvalue weighted by molar-refractivity contribution is -0.121. The Morgan fingerprint density at radius 1 is 1.27 bits per heavy atom. The van der Waals surface area contributed by atoms with Gasteiger partial charge in [0.1, 0.15) is 11.5 Å². The van der Waals surface area contributed by atoms with Crippen LogP contribution in [0.15, 0.2) is 36.4 Å². The molecule has 1 aliphatic heterocycles. The molecule has 0 aromatic heterocycles. The monoisotopic (exact) mass is 394 g/mol. The normalized spacial score (nSPS) is 13.0. The van der Waals surface area contributed by atoms with E-state index in [1.165, 1.54) is 6.07 Å². The summed E-state index contributed by atoms with van der Waals surface area (Å²) in [6, 6.07) is 9.89. The van der Waals surface area contributed by atoms with Gasteiger partial charge in [0.2, 0.25) is 0 Å². The highest BCUT2D eigenvalue weighted by Crippen LogP contribution is 2.34. The molecule has 136 valence electrons. The molecule has 0 atom stereocenters. The molecule has 1 heterocycles. The van der Waals surface area contributed by atoms with Crippen LogP contribution in [0.1, 0.15) is 6.92 Å². The Hall–Kier alpha value is -2.44. The Kier molecular flexibility index (Phi) is 5.54. The van der Waals surface area contributed by atoms with Crippen LogP contribution in [0.2, 0.25) is 10.0 Å². The van der Waals surface area contributed by atoms with E-state index < -0.39 is 0 Å². The minimum absolute atomic E-state index is 0.0174. The first-order valence-corrected chi connectivity index (χ1v) is 8.68. The number of carbonyl (C=O) groups is 2. The van der Waals surface area contributed by atoms with Gasteiger partial charge in [0.25, 0.3) is 11.8 Å². The van der Waals surface area contributed by atoms with E-state index >= 15 is 0 Å². The van der Waals surface area contributed by atoms with E-state index in [1.54, 1.807) is 35.2 Å². The average molecular weight is 395 g/mol. The predicted octanol–water partition coefficient (Wildman–Crippen LogP) is 3.76. The van der Waals surface area contributed by atoms with Gasteiger partial charge < -0.3 is 19.7 Å². The molecule has 0 saturated carbocycles. The van der Waals surface area contributed by atoms with Crippen LogP contribution in [0.25, 0.3) is 0 Å². The Labute approximate surface area is 160 Å². The molecule has 0 unspecified atom stereocenters. The molecule has 8 heteroatoms. The van der Waals surface area contributed by atoms with Gasteiger partial charge in [0.15, 0.2) is 13.2 Å². The predicted molar refractivity (Wildman–Crippen MR) is 101 cm³/mol. The van der Waals surface area contributed by atoms with Gasteiger partial charge in [-0.2, -0.15) is 0 Å². The number of rotatable bonds is 5. The molecule has 0 saturated heterocycles. The zero-order valence-electron chi connectivity index (χ0n) is 13.9. The fourth-order valence-corrected chi connectivity index (χ4v) is 3.02. The van der Waals surface area contributed by atoms with Crippen LogP contribution in [0.3, 0.4) is 0 Å². The molecule has 3 rings (SSSR count). The number of benzene rings is 2. The van der Waals surface area contributed by atoms with Crippen molar-refractivity contribution in [2.75, 3.05) is 30.0 Å². The van der Waals surface area contributed by atoms with Gasteiger partial charge in [-0.25, -0.2) is 0 Å². The standard InChI is InChI=1S/C18H16Cl2N2O4/c1-2-22-14-5-4-12(8-16(14)26-10-18(22)24)21-17(23)9-25-15-6-3-11(19)7-13(15)20/h3-8H,2,9-10H2,1H3,(H,21,23). The maximum absolute atomic E-state index is 12.1. The van der Waals surface area contributed by atoms with E-state index in [2.05, 4.69) is 5.32 Å². The third-order valence-corrected chi connectivity index (χ3v) is 4.29. The first-order chi connectivity index (χ1) is 12.5. The molecule has 0 bridgehead atoms. The summed E-state index contributed by atoms with van der Waals surface area (Å²) in [7, 11) is 0. The summed E-state index contributed by atoms with van der Waals surface area (Å²) in [5.74, 6) is 0.475. The van der Waals surface area contributed by atoms with Crippen LogP contribution in [0.4, 0.5) is 11.4 Å². The van der Waals surface area contributed by atoms with Crippen LogP contribution >= 0.6 is 23.2 Å². The number of fused-ring (bicyclic) bond motifs is 1. The summed E-state index contributed by atoms with van der Waals surface area (Å²) in [6.07, 6.45) is 0. The number of carbonyl (C=O) groups excluding carboxylic acids is 2. The van der Waals surface area contributed by atoms with Crippen LogP contribution < -0.4 is 19.7 Å². The number of halogens is 2. The molecule has 0 aliphatic carbocycles. The third-order valence-electron chi connectivity index (χ3n) is 3.76. The van der Waals surface area contributed by atoms with Gasteiger partial charge in [-0.1, -0.05) is 23.2 Å². The van der Waals surface area contributed by atoms with Crippen LogP contribution in [0.5, 0.6) is 11.5 Å². The molecule has 2 amide bonds. The number of amides is 2. The number of ether oxygens (including phenoxy) is 2. The highest BCUT2D eigenvalue weighted by molar-refractivity contribution is 6.35. The van der Waals surface area contributed by atoms with Gasteiger partial charge in [-0.15, -0.1) is 0 Å². The largest absolute Gasteiger partial charge is 0.482 e. The second kappa shape index (κ2) is 7.85. The molecule has 26 heavy (non-hydrogen) atoms. The topological polar surface area (TPSA) is 67.9 Å². The molecule has 0 radical (unpaired) electrons. The van der Waals surface area contributed by atoms with Gasteiger partial charge in [-0.3, -0.25) is 9.59 Å². The fourth-order valence-electron chi connectivity index (χ4n) is 2.56. The second-order valence-corrected chi connectivity index (χ2v) is 6.36. The van der Waals surface area contributed by atoms with Crippen molar-refractivity contribution >= 4 is 46.4 Å². The Bertz CT molecular complexity index is 857. The quantitative estimate of drug-likeness (QED) is 0.837. The summed E-state index contributed by atoms with van der Waals surface area (Å²) in [4.78, 5) is 25.5. The molecule has 0 fully saturated rings. The number of nitrogens with zero attached hydrogens (tertiary/aromatic N) is 1. The highest BCUT2D eigenvalue weighted by atomic mass is 35.5. The van der Waals surface area contributed by atoms with Crippen molar-refractivity contribution in [2.45, 2.75) is 6.92 Å². The van der Waals surface area contributed by atoms with E-state index in [0.29, 0.717) is 39.5 Å². The van der Waals surface area contributed by atoms with Gasteiger partial charge >= 0.3 is 0 Å². The molecule has 0 spiro atoms. The minimum Gasteiger partial charge on any atom is -0.482 e. The van der Waals surface area contributed by atoms with E-state index in [4.69, 9.17) is 32.7 Å². The van der Waals surface area contributed by atoms with E-state index in [9.17, 15) is 9.59 Å². The molecular formula is C18H16Cl2N2O4. The number of likely N-dealkylation sites (N-methyl/N-ethyl adjacent to an activating group) is 1. The van der Waals surface area contributed by atoms with Crippen molar-refractivity contribution in [2.24, 2.45) is 0 Å². The number of nitrogens with one attached hydrogen (secondary N) is 1. The molecule has 1 N–H and O–H groups in total. The summed E-state index contributed by atoms with van der Waals surface area (Å²) in [5, 5.41) is 3.54. The van der Waals surface area contributed by atoms with Crippen LogP contribution in [-0.2, 0) is 9.59 Å². The van der Waals surface area contributed by atoms with Gasteiger partial charge in [-0.05, 0) is 37.3 Å². The first-order valence-electron chi connectivity index (χ1n) is 7.93. The molecule has 2 aromatic carbocycles. The fraction of sp³-hybridized carbons (Fsp3) is 0.222. The Balaban J connectivity index is 1.64. The van der Waals surface area contributed by atoms with Crippen molar-refractivity contribution in [3.63, 3.8) is 0 Å². The molecule has 6 nitrogen and oxygen atoms in total. The number of hydrogen-bond donors (Lipinski definition) is 1. The number of hydrogen-bond acceptors (Lipinski definition) is 4. The van der Waals surface area contributed by atoms with E-state index in [0.717, 1.165) is 0 Å². The minimum atomic E-state index is -0.352. The maximum atomic E-state index is 12.1. The first kappa shape index (κ1) is 18.4. The van der Waals surface area contributed by atoms with E-state index in [-0.39, 0.29) is 25.0 Å². The smallest absolute Gasteiger partial charge is 0.265 e. The van der Waals surface area contributed by atoms with Crippen molar-refractivity contribution in [3.05, 3.63) is 46.4 Å².